The van der Waals surface area contributed by atoms with Crippen LogP contribution in [0.15, 0.2) is 84.9 Å². The van der Waals surface area contributed by atoms with E-state index in [1.54, 1.807) is 30.2 Å². The zero-order valence-corrected chi connectivity index (χ0v) is 36.3. The van der Waals surface area contributed by atoms with Crippen LogP contribution in [0.5, 0.6) is 11.5 Å². The Balaban J connectivity index is 0.770. The minimum atomic E-state index is -0.561. The number of ether oxygens (including phenoxy) is 2. The number of hydrogen-bond acceptors (Lipinski definition) is 11. The summed E-state index contributed by atoms with van der Waals surface area (Å²) in [5.74, 6) is 1.20. The van der Waals surface area contributed by atoms with Gasteiger partial charge >= 0.3 is 6.03 Å². The van der Waals surface area contributed by atoms with Gasteiger partial charge in [-0.1, -0.05) is 24.3 Å². The molecule has 0 atom stereocenters. The number of fused-ring (bicyclic) bond motifs is 2. The number of imide groups is 1. The van der Waals surface area contributed by atoms with Crippen molar-refractivity contribution in [1.82, 2.24) is 25.3 Å². The number of nitrogens with two attached hydrogens (primary N) is 1. The Morgan fingerprint density at radius 2 is 1.48 bits per heavy atom. The topological polar surface area (TPSA) is 180 Å². The number of anilines is 5. The first-order valence-electron chi connectivity index (χ1n) is 22.0. The maximum Gasteiger partial charge on any atom is 0.328 e. The molecule has 5 amide bonds. The number of carbonyl (C=O) groups excluding carboxylic acids is 4. The van der Waals surface area contributed by atoms with E-state index in [4.69, 9.17) is 20.3 Å². The van der Waals surface area contributed by atoms with Gasteiger partial charge in [0, 0.05) is 106 Å². The van der Waals surface area contributed by atoms with Gasteiger partial charge in [0.1, 0.15) is 28.6 Å². The van der Waals surface area contributed by atoms with E-state index in [0.717, 1.165) is 93.1 Å². The van der Waals surface area contributed by atoms with Crippen molar-refractivity contribution in [2.45, 2.75) is 38.8 Å². The number of piperidine rings is 1. The summed E-state index contributed by atoms with van der Waals surface area (Å²) in [7, 11) is 3.07. The van der Waals surface area contributed by atoms with Crippen molar-refractivity contribution in [3.05, 3.63) is 107 Å². The lowest BCUT2D eigenvalue weighted by molar-refractivity contribution is -0.120. The van der Waals surface area contributed by atoms with Crippen molar-refractivity contribution in [3.63, 3.8) is 0 Å². The highest BCUT2D eigenvalue weighted by Crippen LogP contribution is 2.36. The predicted octanol–water partition coefficient (Wildman–Crippen LogP) is 5.38. The normalized spacial score (nSPS) is 16.9. The number of methoxy groups -OCH3 is 2. The molecular formula is C48H54N10O6. The van der Waals surface area contributed by atoms with E-state index < -0.39 is 5.91 Å². The molecule has 0 saturated carbocycles. The number of nitrogens with zero attached hydrogens (tertiary/aromatic N) is 6. The van der Waals surface area contributed by atoms with E-state index in [1.807, 2.05) is 41.1 Å². The number of rotatable bonds is 12. The molecule has 0 bridgehead atoms. The average Bonchev–Trinajstić information content (AvgIpc) is 3.59. The third-order valence-corrected chi connectivity index (χ3v) is 12.9. The van der Waals surface area contributed by atoms with Crippen LogP contribution in [0.1, 0.15) is 51.1 Å². The van der Waals surface area contributed by atoms with E-state index >= 15 is 0 Å². The molecule has 0 radical (unpaired) electrons. The quantitative estimate of drug-likeness (QED) is 0.127. The number of carbonyl (C=O) groups is 4. The third kappa shape index (κ3) is 8.91. The summed E-state index contributed by atoms with van der Waals surface area (Å²) in [6.45, 7) is 8.34. The molecule has 16 heteroatoms. The number of urea groups is 1. The zero-order chi connectivity index (χ0) is 44.3. The molecule has 3 saturated heterocycles. The Morgan fingerprint density at radius 1 is 0.766 bits per heavy atom. The first-order chi connectivity index (χ1) is 31.1. The van der Waals surface area contributed by atoms with Crippen molar-refractivity contribution in [3.8, 4) is 22.8 Å². The largest absolute Gasteiger partial charge is 0.497 e. The van der Waals surface area contributed by atoms with Gasteiger partial charge in [-0.25, -0.2) is 9.48 Å². The van der Waals surface area contributed by atoms with Crippen LogP contribution in [-0.2, 0) is 24.3 Å². The number of amides is 5. The van der Waals surface area contributed by atoms with E-state index in [1.165, 1.54) is 18.5 Å². The molecule has 5 heterocycles. The summed E-state index contributed by atoms with van der Waals surface area (Å²) in [6, 6.07) is 26.9. The minimum absolute atomic E-state index is 0.225. The Morgan fingerprint density at radius 3 is 2.19 bits per heavy atom. The van der Waals surface area contributed by atoms with Gasteiger partial charge in [-0.05, 0) is 90.9 Å². The second kappa shape index (κ2) is 18.3. The minimum Gasteiger partial charge on any atom is -0.497 e. The summed E-state index contributed by atoms with van der Waals surface area (Å²) in [5, 5.41) is 13.7. The summed E-state index contributed by atoms with van der Waals surface area (Å²) in [5.41, 5.74) is 14.2. The Kier molecular flexibility index (Phi) is 12.1. The number of nitrogens with one attached hydrogen (secondary N) is 3. The number of aryl methyl sites for hydroxylation is 2. The molecule has 4 aliphatic rings. The highest BCUT2D eigenvalue weighted by molar-refractivity contribution is 6.06. The van der Waals surface area contributed by atoms with Crippen molar-refractivity contribution in [1.29, 1.82) is 0 Å². The molecule has 0 spiro atoms. The van der Waals surface area contributed by atoms with Crippen LogP contribution in [0.4, 0.5) is 33.4 Å². The van der Waals surface area contributed by atoms with E-state index in [9.17, 15) is 19.2 Å². The summed E-state index contributed by atoms with van der Waals surface area (Å²) >= 11 is 0. The molecule has 4 aliphatic heterocycles. The standard InChI is InChI=1S/C48H54N10O6/c1-63-38-12-13-39(41(28-38)64-2)47(61)50-29-31-3-5-33(6-4-31)44-43(45(49)60)46-51-40-14-11-37(27-34(40)17-22-58(46)53-44)56-25-23-54(24-26-56)30-32-15-19-55(20-16-32)35-7-9-36(10-8-35)57-21-18-42(59)52-48(57)62/h3-14,27-28,32,51H,15-26,29-30H2,1-2H3,(H2,49,60)(H,50,61)(H,52,59,62). The Bertz CT molecular complexity index is 2540. The van der Waals surface area contributed by atoms with Gasteiger partial charge in [-0.2, -0.15) is 5.10 Å². The molecule has 5 N–H and O–H groups in total. The predicted molar refractivity (Wildman–Crippen MR) is 246 cm³/mol. The van der Waals surface area contributed by atoms with Gasteiger partial charge in [0.15, 0.2) is 0 Å². The highest BCUT2D eigenvalue weighted by Gasteiger charge is 2.29. The van der Waals surface area contributed by atoms with Crippen LogP contribution in [0.2, 0.25) is 0 Å². The second-order valence-corrected chi connectivity index (χ2v) is 16.8. The van der Waals surface area contributed by atoms with Crippen molar-refractivity contribution >= 4 is 52.3 Å². The van der Waals surface area contributed by atoms with Crippen LogP contribution in [0.3, 0.4) is 0 Å². The van der Waals surface area contributed by atoms with Gasteiger partial charge in [0.2, 0.25) is 5.91 Å². The maximum absolute atomic E-state index is 13.0. The number of aromatic nitrogens is 2. The number of piperazine rings is 1. The number of primary amides is 1. The SMILES string of the molecule is COc1ccc(C(=O)NCc2ccc(-c3nn4c(c3C(N)=O)Nc3ccc(N5CCN(CC6CCN(c7ccc(N8CCC(=O)NC8=O)cc7)CC6)CC5)cc3CC4)cc2)c(OC)c1. The smallest absolute Gasteiger partial charge is 0.328 e. The molecule has 16 nitrogen and oxygen atoms in total. The zero-order valence-electron chi connectivity index (χ0n) is 36.3. The first kappa shape index (κ1) is 42.2. The number of hydrogen-bond donors (Lipinski definition) is 4. The lowest BCUT2D eigenvalue weighted by Gasteiger charge is -2.40. The van der Waals surface area contributed by atoms with Crippen LogP contribution in [0, 0.1) is 5.92 Å². The monoisotopic (exact) mass is 866 g/mol. The van der Waals surface area contributed by atoms with Crippen LogP contribution >= 0.6 is 0 Å². The van der Waals surface area contributed by atoms with Gasteiger partial charge in [0.05, 0.1) is 19.8 Å². The van der Waals surface area contributed by atoms with Crippen LogP contribution in [0.25, 0.3) is 11.3 Å². The van der Waals surface area contributed by atoms with Crippen LogP contribution in [-0.4, -0.2) is 105 Å². The van der Waals surface area contributed by atoms with Crippen LogP contribution < -0.4 is 45.9 Å². The van der Waals surface area contributed by atoms with Gasteiger partial charge in [-0.15, -0.1) is 0 Å². The van der Waals surface area contributed by atoms with E-state index in [2.05, 4.69) is 61.0 Å². The van der Waals surface area contributed by atoms with E-state index in [-0.39, 0.29) is 17.8 Å². The Hall–Kier alpha value is -7.07. The number of benzene rings is 4. The second-order valence-electron chi connectivity index (χ2n) is 16.8. The van der Waals surface area contributed by atoms with Crippen molar-refractivity contribution in [2.75, 3.05) is 86.6 Å². The maximum atomic E-state index is 13.0. The Labute approximate surface area is 372 Å². The van der Waals surface area contributed by atoms with Crippen molar-refractivity contribution in [2.24, 2.45) is 11.7 Å². The third-order valence-electron chi connectivity index (χ3n) is 12.9. The first-order valence-corrected chi connectivity index (χ1v) is 22.0. The molecule has 64 heavy (non-hydrogen) atoms. The summed E-state index contributed by atoms with van der Waals surface area (Å²) in [4.78, 5) is 58.9. The van der Waals surface area contributed by atoms with Gasteiger partial charge in [-0.3, -0.25) is 29.5 Å². The molecule has 0 unspecified atom stereocenters. The molecule has 4 aromatic carbocycles. The fourth-order valence-corrected chi connectivity index (χ4v) is 9.27. The average molecular weight is 867 g/mol. The lowest BCUT2D eigenvalue weighted by Crippen LogP contribution is -2.49. The highest BCUT2D eigenvalue weighted by atomic mass is 16.5. The summed E-state index contributed by atoms with van der Waals surface area (Å²) in [6.07, 6.45) is 3.34. The fourth-order valence-electron chi connectivity index (χ4n) is 9.27. The fraction of sp³-hybridized carbons (Fsp3) is 0.354. The van der Waals surface area contributed by atoms with Crippen molar-refractivity contribution < 1.29 is 28.7 Å². The summed E-state index contributed by atoms with van der Waals surface area (Å²) < 4.78 is 12.5. The molecule has 9 rings (SSSR count). The lowest BCUT2D eigenvalue weighted by atomic mass is 9.95. The molecule has 1 aromatic heterocycles. The van der Waals surface area contributed by atoms with Gasteiger partial charge in [0.25, 0.3) is 11.8 Å². The van der Waals surface area contributed by atoms with Gasteiger partial charge < -0.3 is 35.6 Å². The van der Waals surface area contributed by atoms with E-state index in [0.29, 0.717) is 66.1 Å². The molecule has 0 aliphatic carbocycles. The molecule has 3 fully saturated rings. The molecule has 5 aromatic rings. The molecule has 332 valence electrons. The molecular weight excluding hydrogens is 813 g/mol.